The second-order valence-corrected chi connectivity index (χ2v) is 4.91. The summed E-state index contributed by atoms with van der Waals surface area (Å²) in [6, 6.07) is 19.7. The number of rotatable bonds is 1. The largest absolute Gasteiger partial charge is 0.0836 e. The van der Waals surface area contributed by atoms with Gasteiger partial charge in [0.2, 0.25) is 0 Å². The number of allylic oxidation sites excluding steroid dienone is 1. The fourth-order valence-electron chi connectivity index (χ4n) is 3.03. The highest BCUT2D eigenvalue weighted by Gasteiger charge is 2.08. The molecule has 0 aliphatic carbocycles. The molecule has 0 saturated heterocycles. The Morgan fingerprint density at radius 1 is 0.684 bits per heavy atom. The molecule has 0 N–H and O–H groups in total. The zero-order valence-electron chi connectivity index (χ0n) is 10.6. The van der Waals surface area contributed by atoms with Gasteiger partial charge in [0.15, 0.2) is 0 Å². The Balaban J connectivity index is 2.34. The summed E-state index contributed by atoms with van der Waals surface area (Å²) < 4.78 is 0. The molecule has 0 unspecified atom stereocenters. The first-order valence-electron chi connectivity index (χ1n) is 6.51. The zero-order chi connectivity index (χ0) is 12.8. The summed E-state index contributed by atoms with van der Waals surface area (Å²) in [7, 11) is 0. The van der Waals surface area contributed by atoms with E-state index in [1.54, 1.807) is 0 Å². The van der Waals surface area contributed by atoms with Gasteiger partial charge in [0, 0.05) is 0 Å². The van der Waals surface area contributed by atoms with Gasteiger partial charge < -0.3 is 0 Å². The summed E-state index contributed by atoms with van der Waals surface area (Å²) >= 11 is 0. The van der Waals surface area contributed by atoms with E-state index < -0.39 is 0 Å². The van der Waals surface area contributed by atoms with Gasteiger partial charge in [-0.15, -0.1) is 0 Å². The van der Waals surface area contributed by atoms with Crippen molar-refractivity contribution in [2.45, 2.75) is 0 Å². The second kappa shape index (κ2) is 3.83. The van der Waals surface area contributed by atoms with Crippen LogP contribution in [-0.2, 0) is 0 Å². The van der Waals surface area contributed by atoms with Crippen LogP contribution in [-0.4, -0.2) is 0 Å². The van der Waals surface area contributed by atoms with E-state index in [1.807, 2.05) is 6.08 Å². The van der Waals surface area contributed by atoms with Gasteiger partial charge in [0.25, 0.3) is 0 Å². The van der Waals surface area contributed by atoms with Crippen LogP contribution in [0.2, 0.25) is 0 Å². The monoisotopic (exact) mass is 241 g/mol. The molecule has 0 amide bonds. The third-order valence-corrected chi connectivity index (χ3v) is 3.86. The SMILES string of the molecule is [CH2]C=Cc1ccc2ccc3cccc4ccc1c2c34. The molecule has 0 aliphatic rings. The average molecular weight is 241 g/mol. The maximum absolute atomic E-state index is 3.81. The first kappa shape index (κ1) is 10.6. The van der Waals surface area contributed by atoms with E-state index in [9.17, 15) is 0 Å². The molecule has 19 heavy (non-hydrogen) atoms. The summed E-state index contributed by atoms with van der Waals surface area (Å²) in [6.45, 7) is 3.81. The van der Waals surface area contributed by atoms with Gasteiger partial charge in [-0.2, -0.15) is 0 Å². The molecule has 0 heterocycles. The van der Waals surface area contributed by atoms with Crippen LogP contribution in [0, 0.1) is 6.92 Å². The molecule has 4 aromatic rings. The van der Waals surface area contributed by atoms with E-state index >= 15 is 0 Å². The fourth-order valence-corrected chi connectivity index (χ4v) is 3.03. The molecule has 0 heteroatoms. The number of benzene rings is 4. The maximum atomic E-state index is 3.81. The molecule has 1 radical (unpaired) electrons. The first-order valence-corrected chi connectivity index (χ1v) is 6.51. The van der Waals surface area contributed by atoms with Crippen molar-refractivity contribution in [3.05, 3.63) is 73.2 Å². The van der Waals surface area contributed by atoms with Crippen LogP contribution in [0.4, 0.5) is 0 Å². The van der Waals surface area contributed by atoms with E-state index in [-0.39, 0.29) is 0 Å². The van der Waals surface area contributed by atoms with Crippen molar-refractivity contribution in [1.29, 1.82) is 0 Å². The topological polar surface area (TPSA) is 0 Å². The van der Waals surface area contributed by atoms with Gasteiger partial charge in [-0.3, -0.25) is 0 Å². The Morgan fingerprint density at radius 3 is 2.05 bits per heavy atom. The van der Waals surface area contributed by atoms with Gasteiger partial charge in [-0.25, -0.2) is 0 Å². The van der Waals surface area contributed by atoms with Gasteiger partial charge in [0.1, 0.15) is 0 Å². The minimum Gasteiger partial charge on any atom is -0.0836 e. The second-order valence-electron chi connectivity index (χ2n) is 4.91. The Labute approximate surface area is 112 Å². The lowest BCUT2D eigenvalue weighted by Gasteiger charge is -2.12. The first-order chi connectivity index (χ1) is 9.38. The molecular formula is C19H13. The molecule has 0 spiro atoms. The smallest absolute Gasteiger partial charge is 0.00208 e. The van der Waals surface area contributed by atoms with Crippen LogP contribution < -0.4 is 0 Å². The molecule has 0 bridgehead atoms. The third kappa shape index (κ3) is 1.40. The Hall–Kier alpha value is -2.34. The van der Waals surface area contributed by atoms with Crippen molar-refractivity contribution in [3.8, 4) is 0 Å². The summed E-state index contributed by atoms with van der Waals surface area (Å²) in [5.41, 5.74) is 1.24. The number of hydrogen-bond acceptors (Lipinski definition) is 0. The van der Waals surface area contributed by atoms with Crippen molar-refractivity contribution in [2.24, 2.45) is 0 Å². The van der Waals surface area contributed by atoms with E-state index in [0.29, 0.717) is 0 Å². The van der Waals surface area contributed by atoms with Crippen LogP contribution in [0.25, 0.3) is 38.4 Å². The van der Waals surface area contributed by atoms with E-state index in [1.165, 1.54) is 37.9 Å². The summed E-state index contributed by atoms with van der Waals surface area (Å²) in [4.78, 5) is 0. The predicted molar refractivity (Wildman–Crippen MR) is 84.5 cm³/mol. The highest BCUT2D eigenvalue weighted by molar-refractivity contribution is 6.24. The standard InChI is InChI=1S/C19H13/c1-2-4-13-7-8-16-10-9-14-5-3-6-15-11-12-17(13)19(16)18(14)15/h2-12H,1H2. The molecule has 4 rings (SSSR count). The van der Waals surface area contributed by atoms with E-state index in [2.05, 4.69) is 67.6 Å². The lowest BCUT2D eigenvalue weighted by Crippen LogP contribution is -1.85. The summed E-state index contributed by atoms with van der Waals surface area (Å²) in [5, 5.41) is 7.97. The molecular weight excluding hydrogens is 228 g/mol. The van der Waals surface area contributed by atoms with Crippen LogP contribution >= 0.6 is 0 Å². The van der Waals surface area contributed by atoms with Gasteiger partial charge >= 0.3 is 0 Å². The number of hydrogen-bond donors (Lipinski definition) is 0. The van der Waals surface area contributed by atoms with Crippen LogP contribution in [0.3, 0.4) is 0 Å². The normalized spacial score (nSPS) is 12.3. The minimum absolute atomic E-state index is 1.24. The highest BCUT2D eigenvalue weighted by atomic mass is 14.1. The molecule has 0 fully saturated rings. The molecule has 0 aliphatic heterocycles. The van der Waals surface area contributed by atoms with Crippen LogP contribution in [0.1, 0.15) is 5.56 Å². The van der Waals surface area contributed by atoms with Crippen molar-refractivity contribution >= 4 is 38.4 Å². The molecule has 0 atom stereocenters. The van der Waals surface area contributed by atoms with Crippen LogP contribution in [0.15, 0.2) is 60.7 Å². The maximum Gasteiger partial charge on any atom is -0.00208 e. The van der Waals surface area contributed by atoms with Gasteiger partial charge in [-0.1, -0.05) is 66.7 Å². The van der Waals surface area contributed by atoms with Crippen molar-refractivity contribution in [1.82, 2.24) is 0 Å². The van der Waals surface area contributed by atoms with Gasteiger partial charge in [0.05, 0.1) is 0 Å². The molecule has 0 saturated carbocycles. The highest BCUT2D eigenvalue weighted by Crippen LogP contribution is 2.36. The molecule has 0 aromatic heterocycles. The van der Waals surface area contributed by atoms with Crippen molar-refractivity contribution in [2.75, 3.05) is 0 Å². The Bertz CT molecular complexity index is 897. The molecule has 89 valence electrons. The predicted octanol–water partition coefficient (Wildman–Crippen LogP) is 5.43. The lowest BCUT2D eigenvalue weighted by molar-refractivity contribution is 1.75. The molecule has 4 aromatic carbocycles. The van der Waals surface area contributed by atoms with Gasteiger partial charge in [-0.05, 0) is 44.8 Å². The fraction of sp³-hybridized carbons (Fsp3) is 0. The minimum atomic E-state index is 1.24. The molecule has 0 nitrogen and oxygen atoms in total. The third-order valence-electron chi connectivity index (χ3n) is 3.86. The van der Waals surface area contributed by atoms with E-state index in [0.717, 1.165) is 0 Å². The lowest BCUT2D eigenvalue weighted by atomic mass is 9.92. The summed E-state index contributed by atoms with van der Waals surface area (Å²) in [5.74, 6) is 0. The average Bonchev–Trinajstić information content (AvgIpc) is 2.46. The zero-order valence-corrected chi connectivity index (χ0v) is 10.6. The quantitative estimate of drug-likeness (QED) is 0.390. The summed E-state index contributed by atoms with van der Waals surface area (Å²) in [6.07, 6.45) is 3.93. The Morgan fingerprint density at radius 2 is 1.32 bits per heavy atom. The van der Waals surface area contributed by atoms with Crippen molar-refractivity contribution < 1.29 is 0 Å². The Kier molecular flexibility index (Phi) is 2.13. The van der Waals surface area contributed by atoms with E-state index in [4.69, 9.17) is 0 Å². The van der Waals surface area contributed by atoms with Crippen molar-refractivity contribution in [3.63, 3.8) is 0 Å². The van der Waals surface area contributed by atoms with Crippen LogP contribution in [0.5, 0.6) is 0 Å².